The molecule has 0 saturated heterocycles. The van der Waals surface area contributed by atoms with Crippen LogP contribution in [0.2, 0.25) is 5.02 Å². The largest absolute Gasteiger partial charge is 0.380 e. The number of nitrogens with one attached hydrogen (secondary N) is 1. The molecule has 0 amide bonds. The minimum absolute atomic E-state index is 0.309. The summed E-state index contributed by atoms with van der Waals surface area (Å²) < 4.78 is 14.0. The van der Waals surface area contributed by atoms with Gasteiger partial charge in [-0.15, -0.1) is 0 Å². The number of rotatable bonds is 4. The van der Waals surface area contributed by atoms with Crippen LogP contribution in [0.3, 0.4) is 0 Å². The molecule has 0 spiro atoms. The number of benzene rings is 1. The van der Waals surface area contributed by atoms with Crippen LogP contribution in [0.25, 0.3) is 0 Å². The first-order chi connectivity index (χ1) is 9.60. The number of halogens is 3. The van der Waals surface area contributed by atoms with Crippen LogP contribution >= 0.6 is 27.5 Å². The van der Waals surface area contributed by atoms with E-state index in [4.69, 9.17) is 11.6 Å². The van der Waals surface area contributed by atoms with Crippen LogP contribution in [0, 0.1) is 11.7 Å². The monoisotopic (exact) mass is 361 g/mol. The molecule has 1 nitrogen and oxygen atoms in total. The maximum absolute atomic E-state index is 13.2. The molecular weight excluding hydrogens is 341 g/mol. The van der Waals surface area contributed by atoms with Gasteiger partial charge in [0.05, 0.1) is 10.7 Å². The minimum Gasteiger partial charge on any atom is -0.380 e. The molecule has 0 aliphatic heterocycles. The van der Waals surface area contributed by atoms with Gasteiger partial charge in [0.25, 0.3) is 0 Å². The Bertz CT molecular complexity index is 429. The van der Waals surface area contributed by atoms with Gasteiger partial charge in [-0.05, 0) is 53.2 Å². The number of hydrogen-bond donors (Lipinski definition) is 1. The van der Waals surface area contributed by atoms with Crippen LogP contribution in [-0.2, 0) is 0 Å². The third kappa shape index (κ3) is 4.36. The summed E-state index contributed by atoms with van der Waals surface area (Å²) in [7, 11) is 0. The second kappa shape index (κ2) is 7.65. The number of hydrogen-bond acceptors (Lipinski definition) is 1. The van der Waals surface area contributed by atoms with Gasteiger partial charge in [-0.2, -0.15) is 0 Å². The fraction of sp³-hybridized carbons (Fsp3) is 0.625. The van der Waals surface area contributed by atoms with Gasteiger partial charge in [-0.1, -0.05) is 44.2 Å². The van der Waals surface area contributed by atoms with Crippen LogP contribution in [-0.4, -0.2) is 6.04 Å². The molecule has 0 radical (unpaired) electrons. The summed E-state index contributed by atoms with van der Waals surface area (Å²) in [5.74, 6) is 0.565. The van der Waals surface area contributed by atoms with E-state index in [0.717, 1.165) is 11.6 Å². The standard InChI is InChI=1S/C16H22BrClFN/c1-2-4-11-5-3-6-13(8-7-11)20-16-14(17)9-12(19)10-15(16)18/h9-11,13,20H,2-8H2,1H3. The molecule has 1 aromatic carbocycles. The van der Waals surface area contributed by atoms with Crippen molar-refractivity contribution in [3.05, 3.63) is 27.4 Å². The molecule has 1 saturated carbocycles. The van der Waals surface area contributed by atoms with Crippen molar-refractivity contribution in [1.29, 1.82) is 0 Å². The highest BCUT2D eigenvalue weighted by molar-refractivity contribution is 9.10. The molecule has 0 aromatic heterocycles. The zero-order valence-corrected chi connectivity index (χ0v) is 14.2. The summed E-state index contributed by atoms with van der Waals surface area (Å²) in [6.07, 6.45) is 8.84. The van der Waals surface area contributed by atoms with Crippen LogP contribution in [0.15, 0.2) is 16.6 Å². The van der Waals surface area contributed by atoms with Crippen molar-refractivity contribution in [2.45, 2.75) is 57.9 Å². The zero-order chi connectivity index (χ0) is 14.5. The van der Waals surface area contributed by atoms with E-state index in [1.54, 1.807) is 0 Å². The summed E-state index contributed by atoms with van der Waals surface area (Å²) in [6, 6.07) is 3.27. The van der Waals surface area contributed by atoms with Gasteiger partial charge >= 0.3 is 0 Å². The lowest BCUT2D eigenvalue weighted by molar-refractivity contribution is 0.422. The van der Waals surface area contributed by atoms with Crippen LogP contribution in [0.5, 0.6) is 0 Å². The molecule has 20 heavy (non-hydrogen) atoms. The molecule has 1 fully saturated rings. The highest BCUT2D eigenvalue weighted by atomic mass is 79.9. The van der Waals surface area contributed by atoms with Gasteiger partial charge in [0.1, 0.15) is 5.82 Å². The zero-order valence-electron chi connectivity index (χ0n) is 11.9. The third-order valence-corrected chi connectivity index (χ3v) is 5.06. The fourth-order valence-corrected chi connectivity index (χ4v) is 4.03. The molecule has 2 unspecified atom stereocenters. The molecule has 1 aliphatic carbocycles. The topological polar surface area (TPSA) is 12.0 Å². The average molecular weight is 363 g/mol. The Kier molecular flexibility index (Phi) is 6.16. The van der Waals surface area contributed by atoms with E-state index in [-0.39, 0.29) is 5.82 Å². The normalized spacial score (nSPS) is 23.4. The molecule has 1 N–H and O–H groups in total. The maximum atomic E-state index is 13.2. The Morgan fingerprint density at radius 3 is 2.80 bits per heavy atom. The summed E-state index contributed by atoms with van der Waals surface area (Å²) >= 11 is 9.53. The molecule has 4 heteroatoms. The van der Waals surface area contributed by atoms with Crippen molar-refractivity contribution >= 4 is 33.2 Å². The summed E-state index contributed by atoms with van der Waals surface area (Å²) in [6.45, 7) is 2.26. The van der Waals surface area contributed by atoms with Crippen molar-refractivity contribution in [2.75, 3.05) is 5.32 Å². The van der Waals surface area contributed by atoms with Gasteiger partial charge in [0, 0.05) is 10.5 Å². The summed E-state index contributed by atoms with van der Waals surface area (Å²) in [4.78, 5) is 0. The molecular formula is C16H22BrClFN. The lowest BCUT2D eigenvalue weighted by Crippen LogP contribution is -2.19. The van der Waals surface area contributed by atoms with Crippen molar-refractivity contribution in [3.8, 4) is 0 Å². The molecule has 1 aliphatic rings. The molecule has 0 heterocycles. The van der Waals surface area contributed by atoms with Gasteiger partial charge in [-0.25, -0.2) is 4.39 Å². The maximum Gasteiger partial charge on any atom is 0.125 e. The highest BCUT2D eigenvalue weighted by Gasteiger charge is 2.20. The Hall–Kier alpha value is -0.280. The average Bonchev–Trinajstić information content (AvgIpc) is 2.60. The lowest BCUT2D eigenvalue weighted by atomic mass is 9.95. The first-order valence-corrected chi connectivity index (χ1v) is 8.68. The van der Waals surface area contributed by atoms with Gasteiger partial charge < -0.3 is 5.32 Å². The first kappa shape index (κ1) is 16.1. The second-order valence-corrected chi connectivity index (χ2v) is 7.01. The van der Waals surface area contributed by atoms with Crippen molar-refractivity contribution in [1.82, 2.24) is 0 Å². The van der Waals surface area contributed by atoms with E-state index in [1.165, 1.54) is 57.1 Å². The van der Waals surface area contributed by atoms with Crippen LogP contribution < -0.4 is 5.32 Å². The molecule has 2 rings (SSSR count). The predicted molar refractivity (Wildman–Crippen MR) is 88.0 cm³/mol. The van der Waals surface area contributed by atoms with E-state index in [0.29, 0.717) is 15.5 Å². The molecule has 0 bridgehead atoms. The summed E-state index contributed by atoms with van der Waals surface area (Å²) in [5, 5.41) is 3.95. The van der Waals surface area contributed by atoms with Crippen molar-refractivity contribution in [2.24, 2.45) is 5.92 Å². The van der Waals surface area contributed by atoms with E-state index in [1.807, 2.05) is 0 Å². The summed E-state index contributed by atoms with van der Waals surface area (Å²) in [5.41, 5.74) is 0.826. The van der Waals surface area contributed by atoms with Gasteiger partial charge in [0.15, 0.2) is 0 Å². The third-order valence-electron chi connectivity index (χ3n) is 4.14. The predicted octanol–water partition coefficient (Wildman–Crippen LogP) is 6.40. The minimum atomic E-state index is -0.309. The van der Waals surface area contributed by atoms with E-state index in [9.17, 15) is 4.39 Å². The Morgan fingerprint density at radius 2 is 2.10 bits per heavy atom. The van der Waals surface area contributed by atoms with Crippen molar-refractivity contribution in [3.63, 3.8) is 0 Å². The Balaban J connectivity index is 2.00. The van der Waals surface area contributed by atoms with Crippen LogP contribution in [0.1, 0.15) is 51.9 Å². The lowest BCUT2D eigenvalue weighted by Gasteiger charge is -2.20. The molecule has 112 valence electrons. The second-order valence-electron chi connectivity index (χ2n) is 5.75. The van der Waals surface area contributed by atoms with E-state index < -0.39 is 0 Å². The molecule has 1 aromatic rings. The Morgan fingerprint density at radius 1 is 1.30 bits per heavy atom. The van der Waals surface area contributed by atoms with E-state index >= 15 is 0 Å². The number of anilines is 1. The van der Waals surface area contributed by atoms with Crippen molar-refractivity contribution < 1.29 is 4.39 Å². The van der Waals surface area contributed by atoms with E-state index in [2.05, 4.69) is 28.2 Å². The SMILES string of the molecule is CCCC1CCCC(Nc2c(Cl)cc(F)cc2Br)CC1. The smallest absolute Gasteiger partial charge is 0.125 e. The quantitative estimate of drug-likeness (QED) is 0.611. The van der Waals surface area contributed by atoms with Gasteiger partial charge in [0.2, 0.25) is 0 Å². The van der Waals surface area contributed by atoms with Crippen LogP contribution in [0.4, 0.5) is 10.1 Å². The highest BCUT2D eigenvalue weighted by Crippen LogP contribution is 2.35. The Labute approximate surface area is 134 Å². The molecule has 2 atom stereocenters. The first-order valence-electron chi connectivity index (χ1n) is 7.51. The fourth-order valence-electron chi connectivity index (χ4n) is 3.10. The van der Waals surface area contributed by atoms with Gasteiger partial charge in [-0.3, -0.25) is 0 Å².